The van der Waals surface area contributed by atoms with E-state index in [1.807, 2.05) is 0 Å². The van der Waals surface area contributed by atoms with Crippen molar-refractivity contribution >= 4 is 11.7 Å². The Labute approximate surface area is 99.9 Å². The number of aliphatic carboxylic acids is 1. The van der Waals surface area contributed by atoms with Gasteiger partial charge in [0.25, 0.3) is 0 Å². The third kappa shape index (κ3) is 1.88. The van der Waals surface area contributed by atoms with Gasteiger partial charge in [0.05, 0.1) is 5.69 Å². The molecular weight excluding hydrogens is 221 g/mol. The Kier molecular flexibility index (Phi) is 2.81. The molecule has 1 atom stereocenters. The molecular formula is C13H16FNO2. The van der Waals surface area contributed by atoms with Gasteiger partial charge in [0.1, 0.15) is 11.4 Å². The summed E-state index contributed by atoms with van der Waals surface area (Å²) in [5.41, 5.74) is -0.688. The third-order valence-corrected chi connectivity index (χ3v) is 3.72. The maximum Gasteiger partial charge on any atom is 0.329 e. The van der Waals surface area contributed by atoms with E-state index in [2.05, 4.69) is 0 Å². The minimum Gasteiger partial charge on any atom is -0.479 e. The first kappa shape index (κ1) is 11.9. The van der Waals surface area contributed by atoms with Gasteiger partial charge in [0.15, 0.2) is 0 Å². The van der Waals surface area contributed by atoms with Crippen molar-refractivity contribution in [1.29, 1.82) is 0 Å². The van der Waals surface area contributed by atoms with Crippen molar-refractivity contribution in [3.8, 4) is 0 Å². The molecule has 3 nitrogen and oxygen atoms in total. The molecule has 0 spiro atoms. The molecule has 4 heteroatoms. The van der Waals surface area contributed by atoms with Crippen LogP contribution in [0.5, 0.6) is 0 Å². The summed E-state index contributed by atoms with van der Waals surface area (Å²) in [6, 6.07) is 6.27. The topological polar surface area (TPSA) is 40.5 Å². The lowest BCUT2D eigenvalue weighted by atomic mass is 9.93. The van der Waals surface area contributed by atoms with Crippen LogP contribution in [0.25, 0.3) is 0 Å². The molecule has 1 N–H and O–H groups in total. The zero-order valence-electron chi connectivity index (χ0n) is 9.98. The fourth-order valence-electron chi connectivity index (χ4n) is 2.21. The number of hydrogen-bond donors (Lipinski definition) is 1. The number of hydrogen-bond acceptors (Lipinski definition) is 2. The van der Waals surface area contributed by atoms with Crippen LogP contribution in [0, 0.1) is 11.7 Å². The summed E-state index contributed by atoms with van der Waals surface area (Å²) in [5.74, 6) is -1.18. The van der Waals surface area contributed by atoms with E-state index in [1.165, 1.54) is 6.07 Å². The highest BCUT2D eigenvalue weighted by atomic mass is 19.1. The van der Waals surface area contributed by atoms with E-state index in [4.69, 9.17) is 0 Å². The first-order valence-corrected chi connectivity index (χ1v) is 5.69. The zero-order chi connectivity index (χ0) is 12.6. The normalized spacial score (nSPS) is 18.5. The van der Waals surface area contributed by atoms with Crippen molar-refractivity contribution in [2.24, 2.45) is 5.92 Å². The van der Waals surface area contributed by atoms with E-state index in [0.717, 1.165) is 12.8 Å². The molecule has 2 rings (SSSR count). The summed E-state index contributed by atoms with van der Waals surface area (Å²) in [4.78, 5) is 13.0. The summed E-state index contributed by atoms with van der Waals surface area (Å²) in [5, 5.41) is 9.40. The lowest BCUT2D eigenvalue weighted by molar-refractivity contribution is -0.143. The molecule has 0 amide bonds. The average Bonchev–Trinajstić information content (AvgIpc) is 3.11. The van der Waals surface area contributed by atoms with Crippen molar-refractivity contribution in [2.45, 2.75) is 25.3 Å². The number of likely N-dealkylation sites (N-methyl/N-ethyl adjacent to an activating group) is 1. The predicted octanol–water partition coefficient (Wildman–Crippen LogP) is 2.52. The molecule has 0 bridgehead atoms. The second kappa shape index (κ2) is 4.02. The van der Waals surface area contributed by atoms with Gasteiger partial charge in [-0.05, 0) is 37.8 Å². The molecule has 0 aromatic heterocycles. The van der Waals surface area contributed by atoms with E-state index in [-0.39, 0.29) is 11.7 Å². The summed E-state index contributed by atoms with van der Waals surface area (Å²) in [6.07, 6.45) is 1.78. The van der Waals surface area contributed by atoms with Crippen molar-refractivity contribution < 1.29 is 14.3 Å². The lowest BCUT2D eigenvalue weighted by Gasteiger charge is -2.37. The van der Waals surface area contributed by atoms with E-state index in [9.17, 15) is 14.3 Å². The number of halogens is 1. The maximum atomic E-state index is 13.7. The molecule has 1 aromatic carbocycles. The van der Waals surface area contributed by atoms with E-state index in [1.54, 1.807) is 37.1 Å². The third-order valence-electron chi connectivity index (χ3n) is 3.72. The van der Waals surface area contributed by atoms with Gasteiger partial charge in [-0.1, -0.05) is 12.1 Å². The molecule has 1 aliphatic carbocycles. The maximum absolute atomic E-state index is 13.7. The highest BCUT2D eigenvalue weighted by molar-refractivity contribution is 5.84. The Morgan fingerprint density at radius 2 is 2.06 bits per heavy atom. The Balaban J connectivity index is 2.38. The number of para-hydroxylation sites is 1. The quantitative estimate of drug-likeness (QED) is 0.874. The number of anilines is 1. The Bertz CT molecular complexity index is 445. The number of carboxylic acid groups (broad SMARTS) is 1. The lowest BCUT2D eigenvalue weighted by Crippen LogP contribution is -2.53. The van der Waals surface area contributed by atoms with Crippen LogP contribution in [0.4, 0.5) is 10.1 Å². The number of rotatable bonds is 4. The molecule has 1 unspecified atom stereocenters. The molecule has 0 radical (unpaired) electrons. The van der Waals surface area contributed by atoms with Gasteiger partial charge < -0.3 is 10.0 Å². The van der Waals surface area contributed by atoms with Gasteiger partial charge >= 0.3 is 5.97 Å². The molecule has 17 heavy (non-hydrogen) atoms. The number of nitrogens with zero attached hydrogens (tertiary/aromatic N) is 1. The number of carboxylic acids is 1. The second-order valence-corrected chi connectivity index (χ2v) is 4.74. The predicted molar refractivity (Wildman–Crippen MR) is 63.6 cm³/mol. The molecule has 1 saturated carbocycles. The Morgan fingerprint density at radius 1 is 1.47 bits per heavy atom. The fourth-order valence-corrected chi connectivity index (χ4v) is 2.21. The molecule has 92 valence electrons. The van der Waals surface area contributed by atoms with E-state index < -0.39 is 11.5 Å². The van der Waals surface area contributed by atoms with Crippen molar-refractivity contribution in [2.75, 3.05) is 11.9 Å². The van der Waals surface area contributed by atoms with E-state index in [0.29, 0.717) is 5.69 Å². The summed E-state index contributed by atoms with van der Waals surface area (Å²) in [6.45, 7) is 1.67. The second-order valence-electron chi connectivity index (χ2n) is 4.74. The van der Waals surface area contributed by atoms with Gasteiger partial charge in [0, 0.05) is 7.05 Å². The first-order chi connectivity index (χ1) is 7.98. The fraction of sp³-hybridized carbons (Fsp3) is 0.462. The van der Waals surface area contributed by atoms with Crippen LogP contribution >= 0.6 is 0 Å². The molecule has 1 fully saturated rings. The van der Waals surface area contributed by atoms with Gasteiger partial charge in [-0.3, -0.25) is 0 Å². The van der Waals surface area contributed by atoms with Crippen LogP contribution < -0.4 is 4.90 Å². The molecule has 1 aliphatic rings. The minimum absolute atomic E-state index is 0.101. The zero-order valence-corrected chi connectivity index (χ0v) is 9.98. The van der Waals surface area contributed by atoms with Gasteiger partial charge in [-0.15, -0.1) is 0 Å². The van der Waals surface area contributed by atoms with Crippen LogP contribution in [-0.4, -0.2) is 23.7 Å². The first-order valence-electron chi connectivity index (χ1n) is 5.69. The number of carbonyl (C=O) groups is 1. The van der Waals surface area contributed by atoms with Gasteiger partial charge in [-0.2, -0.15) is 0 Å². The van der Waals surface area contributed by atoms with Gasteiger partial charge in [-0.25, -0.2) is 9.18 Å². The largest absolute Gasteiger partial charge is 0.479 e. The summed E-state index contributed by atoms with van der Waals surface area (Å²) < 4.78 is 13.7. The van der Waals surface area contributed by atoms with Crippen LogP contribution in [-0.2, 0) is 4.79 Å². The standard InChI is InChI=1S/C13H16FNO2/c1-13(12(16)17,9-7-8-9)15(2)11-6-4-3-5-10(11)14/h3-6,9H,7-8H2,1-2H3,(H,16,17). The SMILES string of the molecule is CN(c1ccccc1F)C(C)(C(=O)O)C1CC1. The van der Waals surface area contributed by atoms with Crippen LogP contribution in [0.2, 0.25) is 0 Å². The molecule has 0 aliphatic heterocycles. The monoisotopic (exact) mass is 237 g/mol. The Morgan fingerprint density at radius 3 is 2.53 bits per heavy atom. The van der Waals surface area contributed by atoms with Crippen molar-refractivity contribution in [3.05, 3.63) is 30.1 Å². The van der Waals surface area contributed by atoms with Crippen LogP contribution in [0.3, 0.4) is 0 Å². The molecule has 1 aromatic rings. The minimum atomic E-state index is -1.03. The Hall–Kier alpha value is -1.58. The average molecular weight is 237 g/mol. The van der Waals surface area contributed by atoms with Gasteiger partial charge in [0.2, 0.25) is 0 Å². The van der Waals surface area contributed by atoms with Crippen molar-refractivity contribution in [1.82, 2.24) is 0 Å². The van der Waals surface area contributed by atoms with Crippen molar-refractivity contribution in [3.63, 3.8) is 0 Å². The smallest absolute Gasteiger partial charge is 0.329 e. The van der Waals surface area contributed by atoms with Crippen LogP contribution in [0.1, 0.15) is 19.8 Å². The highest BCUT2D eigenvalue weighted by Crippen LogP contribution is 2.44. The highest BCUT2D eigenvalue weighted by Gasteiger charge is 2.50. The number of benzene rings is 1. The summed E-state index contributed by atoms with van der Waals surface area (Å²) >= 11 is 0. The molecule has 0 saturated heterocycles. The van der Waals surface area contributed by atoms with Crippen LogP contribution in [0.15, 0.2) is 24.3 Å². The van der Waals surface area contributed by atoms with E-state index >= 15 is 0 Å². The molecule has 0 heterocycles. The summed E-state index contributed by atoms with van der Waals surface area (Å²) in [7, 11) is 1.64.